The third-order valence-electron chi connectivity index (χ3n) is 10.1. The number of anilines is 2. The summed E-state index contributed by atoms with van der Waals surface area (Å²) in [7, 11) is 3.48. The maximum atomic E-state index is 13.8. The summed E-state index contributed by atoms with van der Waals surface area (Å²) in [6, 6.07) is 22.3. The molecule has 1 saturated carbocycles. The Bertz CT molecular complexity index is 1530. The number of fused-ring (bicyclic) bond motifs is 1. The Hall–Kier alpha value is -3.75. The van der Waals surface area contributed by atoms with Crippen LogP contribution in [0.4, 0.5) is 15.8 Å². The summed E-state index contributed by atoms with van der Waals surface area (Å²) in [6.45, 7) is 8.72. The summed E-state index contributed by atoms with van der Waals surface area (Å²) < 4.78 is 24.7. The molecule has 0 radical (unpaired) electrons. The van der Waals surface area contributed by atoms with Crippen molar-refractivity contribution in [1.29, 1.82) is 0 Å². The summed E-state index contributed by atoms with van der Waals surface area (Å²) >= 11 is 0. The minimum absolute atomic E-state index is 0.147. The number of methoxy groups -OCH3 is 2. The van der Waals surface area contributed by atoms with Crippen molar-refractivity contribution in [2.24, 2.45) is 0 Å². The highest BCUT2D eigenvalue weighted by Gasteiger charge is 2.29. The van der Waals surface area contributed by atoms with E-state index in [1.165, 1.54) is 68.1 Å². The zero-order valence-electron chi connectivity index (χ0n) is 27.5. The Balaban J connectivity index is 0.000000208. The second-order valence-electron chi connectivity index (χ2n) is 12.8. The second-order valence-corrected chi connectivity index (χ2v) is 12.8. The fraction of sp³-hybridized carbons (Fsp3) is 0.474. The molecule has 8 heteroatoms. The number of hydrogen-bond donors (Lipinski definition) is 2. The first-order chi connectivity index (χ1) is 22.6. The molecule has 1 aromatic heterocycles. The van der Waals surface area contributed by atoms with Gasteiger partial charge in [-0.25, -0.2) is 4.39 Å². The zero-order chi connectivity index (χ0) is 31.7. The van der Waals surface area contributed by atoms with Crippen molar-refractivity contribution in [3.8, 4) is 11.5 Å². The van der Waals surface area contributed by atoms with Crippen molar-refractivity contribution in [2.75, 3.05) is 76.4 Å². The lowest BCUT2D eigenvalue weighted by molar-refractivity contribution is 0.159. The van der Waals surface area contributed by atoms with Gasteiger partial charge in [0.2, 0.25) is 0 Å². The summed E-state index contributed by atoms with van der Waals surface area (Å²) in [5.74, 6) is 2.32. The van der Waals surface area contributed by atoms with Crippen LogP contribution in [-0.2, 0) is 0 Å². The molecule has 7 nitrogen and oxygen atoms in total. The van der Waals surface area contributed by atoms with Gasteiger partial charge in [-0.3, -0.25) is 4.90 Å². The molecule has 0 amide bonds. The van der Waals surface area contributed by atoms with E-state index in [1.807, 2.05) is 24.3 Å². The number of halogens is 1. The predicted molar refractivity (Wildman–Crippen MR) is 187 cm³/mol. The van der Waals surface area contributed by atoms with Crippen molar-refractivity contribution < 1.29 is 13.9 Å². The van der Waals surface area contributed by atoms with Gasteiger partial charge in [-0.15, -0.1) is 0 Å². The summed E-state index contributed by atoms with van der Waals surface area (Å²) in [5, 5.41) is 4.46. The number of rotatable bonds is 6. The second kappa shape index (κ2) is 15.7. The van der Waals surface area contributed by atoms with Crippen LogP contribution in [0.15, 0.2) is 72.9 Å². The quantitative estimate of drug-likeness (QED) is 0.239. The van der Waals surface area contributed by atoms with Gasteiger partial charge in [0.15, 0.2) is 0 Å². The molecule has 3 heterocycles. The number of H-pyrrole nitrogens is 1. The summed E-state index contributed by atoms with van der Waals surface area (Å²) in [6.07, 6.45) is 9.29. The maximum absolute atomic E-state index is 13.8. The monoisotopic (exact) mass is 627 g/mol. The molecule has 3 fully saturated rings. The number of benzene rings is 3. The number of hydrogen-bond acceptors (Lipinski definition) is 6. The lowest BCUT2D eigenvalue weighted by atomic mass is 9.81. The van der Waals surface area contributed by atoms with Crippen LogP contribution in [0.1, 0.15) is 50.0 Å². The van der Waals surface area contributed by atoms with Crippen LogP contribution in [0.3, 0.4) is 0 Å². The molecular formula is C38H50FN5O2. The van der Waals surface area contributed by atoms with E-state index < -0.39 is 0 Å². The van der Waals surface area contributed by atoms with E-state index >= 15 is 0 Å². The Labute approximate surface area is 273 Å². The van der Waals surface area contributed by atoms with Gasteiger partial charge in [0.25, 0.3) is 0 Å². The number of aromatic amines is 1. The molecule has 46 heavy (non-hydrogen) atoms. The Morgan fingerprint density at radius 3 is 2.09 bits per heavy atom. The van der Waals surface area contributed by atoms with Gasteiger partial charge in [-0.2, -0.15) is 0 Å². The molecule has 3 aliphatic rings. The van der Waals surface area contributed by atoms with E-state index in [0.717, 1.165) is 68.2 Å². The van der Waals surface area contributed by atoms with Crippen molar-refractivity contribution >= 4 is 22.3 Å². The van der Waals surface area contributed by atoms with Crippen molar-refractivity contribution in [2.45, 2.75) is 50.5 Å². The Morgan fingerprint density at radius 1 is 0.696 bits per heavy atom. The highest BCUT2D eigenvalue weighted by Crippen LogP contribution is 2.39. The average Bonchev–Trinajstić information content (AvgIpc) is 3.26. The van der Waals surface area contributed by atoms with Crippen molar-refractivity contribution in [3.05, 3.63) is 84.3 Å². The zero-order valence-corrected chi connectivity index (χ0v) is 27.5. The number of ether oxygens (including phenoxy) is 2. The third kappa shape index (κ3) is 7.61. The van der Waals surface area contributed by atoms with Gasteiger partial charge in [0, 0.05) is 69.0 Å². The van der Waals surface area contributed by atoms with Crippen LogP contribution in [0, 0.1) is 5.82 Å². The van der Waals surface area contributed by atoms with E-state index in [1.54, 1.807) is 20.3 Å². The number of nitrogens with zero attached hydrogens (tertiary/aromatic N) is 3. The number of aromatic nitrogens is 1. The van der Waals surface area contributed by atoms with Crippen LogP contribution >= 0.6 is 0 Å². The molecule has 3 aromatic carbocycles. The van der Waals surface area contributed by atoms with Gasteiger partial charge < -0.3 is 29.6 Å². The minimum Gasteiger partial charge on any atom is -0.495 e. The molecule has 0 spiro atoms. The first kappa shape index (κ1) is 32.2. The van der Waals surface area contributed by atoms with Crippen LogP contribution in [0.25, 0.3) is 10.9 Å². The molecule has 2 aliphatic heterocycles. The normalized spacial score (nSPS) is 21.2. The molecule has 1 aliphatic carbocycles. The smallest absolute Gasteiger partial charge is 0.142 e. The lowest BCUT2D eigenvalue weighted by Gasteiger charge is -2.36. The molecule has 2 N–H and O–H groups in total. The number of para-hydroxylation sites is 4. The molecule has 0 bridgehead atoms. The lowest BCUT2D eigenvalue weighted by Crippen LogP contribution is -2.40. The molecule has 0 unspecified atom stereocenters. The summed E-state index contributed by atoms with van der Waals surface area (Å²) in [4.78, 5) is 10.9. The average molecular weight is 628 g/mol. The van der Waals surface area contributed by atoms with E-state index in [9.17, 15) is 4.39 Å². The molecule has 4 aromatic rings. The van der Waals surface area contributed by atoms with Gasteiger partial charge in [0.1, 0.15) is 17.3 Å². The predicted octanol–water partition coefficient (Wildman–Crippen LogP) is 7.05. The Kier molecular flexibility index (Phi) is 11.0. The molecule has 0 atom stereocenters. The molecule has 246 valence electrons. The van der Waals surface area contributed by atoms with Crippen LogP contribution in [0.5, 0.6) is 11.5 Å². The van der Waals surface area contributed by atoms with Crippen LogP contribution < -0.4 is 24.6 Å². The van der Waals surface area contributed by atoms with E-state index in [0.29, 0.717) is 12.0 Å². The third-order valence-corrected chi connectivity index (χ3v) is 10.1. The first-order valence-corrected chi connectivity index (χ1v) is 17.1. The first-order valence-electron chi connectivity index (χ1n) is 17.1. The SMILES string of the molecule is COc1ccccc1N1CCCN(C2CCC(c3c[nH]c4ccc(F)cc34)CC2)CC1.COc1ccccc1N1CCCNCC1. The summed E-state index contributed by atoms with van der Waals surface area (Å²) in [5.41, 5.74) is 4.76. The maximum Gasteiger partial charge on any atom is 0.142 e. The van der Waals surface area contributed by atoms with Gasteiger partial charge in [-0.05, 0) is 99.0 Å². The number of nitrogens with one attached hydrogen (secondary N) is 2. The largest absolute Gasteiger partial charge is 0.495 e. The topological polar surface area (TPSA) is 56.0 Å². The standard InChI is InChI=1S/C26H32FN3O.C12H18N2O/c1-31-26-6-3-2-5-25(26)30-14-4-13-29(15-16-30)21-10-7-19(8-11-21)23-18-28-24-12-9-20(27)17-22(23)24;1-15-12-6-3-2-5-11(12)14-9-4-7-13-8-10-14/h2-3,5-6,9,12,17-19,21,28H,4,7-8,10-11,13-16H2,1H3;2-3,5-6,13H,4,7-10H2,1H3. The molecular weight excluding hydrogens is 577 g/mol. The van der Waals surface area contributed by atoms with Crippen molar-refractivity contribution in [1.82, 2.24) is 15.2 Å². The van der Waals surface area contributed by atoms with Crippen LogP contribution in [-0.4, -0.2) is 82.5 Å². The van der Waals surface area contributed by atoms with Gasteiger partial charge in [-0.1, -0.05) is 24.3 Å². The molecule has 2 saturated heterocycles. The van der Waals surface area contributed by atoms with E-state index in [2.05, 4.69) is 61.5 Å². The fourth-order valence-corrected chi connectivity index (χ4v) is 7.62. The highest BCUT2D eigenvalue weighted by molar-refractivity contribution is 5.83. The minimum atomic E-state index is -0.147. The van der Waals surface area contributed by atoms with Gasteiger partial charge in [0.05, 0.1) is 25.6 Å². The van der Waals surface area contributed by atoms with Gasteiger partial charge >= 0.3 is 0 Å². The Morgan fingerprint density at radius 2 is 1.37 bits per heavy atom. The van der Waals surface area contributed by atoms with Crippen LogP contribution in [0.2, 0.25) is 0 Å². The van der Waals surface area contributed by atoms with Crippen molar-refractivity contribution in [3.63, 3.8) is 0 Å². The fourth-order valence-electron chi connectivity index (χ4n) is 7.62. The van der Waals surface area contributed by atoms with E-state index in [-0.39, 0.29) is 5.82 Å². The molecule has 7 rings (SSSR count). The van der Waals surface area contributed by atoms with E-state index in [4.69, 9.17) is 9.47 Å². The highest BCUT2D eigenvalue weighted by atomic mass is 19.1.